The molecule has 0 spiro atoms. The van der Waals surface area contributed by atoms with E-state index in [2.05, 4.69) is 108 Å². The van der Waals surface area contributed by atoms with E-state index >= 15 is 17.6 Å². The van der Waals surface area contributed by atoms with Gasteiger partial charge in [0.2, 0.25) is 0 Å². The van der Waals surface area contributed by atoms with Gasteiger partial charge in [-0.3, -0.25) is 0 Å². The van der Waals surface area contributed by atoms with E-state index in [1.807, 2.05) is 146 Å². The van der Waals surface area contributed by atoms with Crippen LogP contribution in [0.4, 0.5) is 51.7 Å². The summed E-state index contributed by atoms with van der Waals surface area (Å²) in [6.07, 6.45) is 3.58. The number of rotatable bonds is 16. The second kappa shape index (κ2) is 23.3. The van der Waals surface area contributed by atoms with E-state index in [1.54, 1.807) is 36.4 Å². The Morgan fingerprint density at radius 1 is 0.261 bits per heavy atom. The number of nitrogens with zero attached hydrogens (tertiary/aromatic N) is 2. The maximum atomic E-state index is 15.1. The van der Waals surface area contributed by atoms with Gasteiger partial charge in [0.1, 0.15) is 46.3 Å². The molecule has 442 valence electrons. The van der Waals surface area contributed by atoms with Gasteiger partial charge in [0, 0.05) is 34.1 Å². The van der Waals surface area contributed by atoms with Gasteiger partial charge < -0.3 is 19.3 Å². The lowest BCUT2D eigenvalue weighted by molar-refractivity contribution is 0.482. The normalized spacial score (nSPS) is 14.9. The number of hydrogen-bond acceptors (Lipinski definition) is 4. The minimum atomic E-state index is -0.935. The van der Waals surface area contributed by atoms with Crippen molar-refractivity contribution in [1.29, 1.82) is 0 Å². The highest BCUT2D eigenvalue weighted by atomic mass is 19.1. The molecule has 15 rings (SSSR count). The van der Waals surface area contributed by atoms with Crippen LogP contribution in [0.2, 0.25) is 0 Å². The molecule has 0 fully saturated rings. The summed E-state index contributed by atoms with van der Waals surface area (Å²) < 4.78 is 73.1. The number of benzene rings is 13. The van der Waals surface area contributed by atoms with Crippen LogP contribution in [0.1, 0.15) is 55.6 Å². The van der Waals surface area contributed by atoms with Crippen molar-refractivity contribution in [3.8, 4) is 45.3 Å². The number of halogens is 4. The van der Waals surface area contributed by atoms with Crippen LogP contribution >= 0.6 is 0 Å². The van der Waals surface area contributed by atoms with Crippen LogP contribution in [-0.2, 0) is 10.8 Å². The Labute approximate surface area is 531 Å². The Morgan fingerprint density at radius 3 is 0.826 bits per heavy atom. The lowest BCUT2D eigenvalue weighted by atomic mass is 9.67. The van der Waals surface area contributed by atoms with E-state index in [9.17, 15) is 0 Å². The molecule has 92 heavy (non-hydrogen) atoms. The molecule has 2 aliphatic rings. The molecular formula is C84H56F4N2O2. The largest absolute Gasteiger partial charge is 0.457 e. The zero-order chi connectivity index (χ0) is 62.5. The topological polar surface area (TPSA) is 24.9 Å². The monoisotopic (exact) mass is 1200 g/mol. The Bertz CT molecular complexity index is 4590. The molecule has 0 saturated heterocycles. The number of ether oxygens (including phenoxy) is 2. The zero-order valence-corrected chi connectivity index (χ0v) is 49.7. The molecule has 0 saturated carbocycles. The molecular weight excluding hydrogens is 1140 g/mol. The first-order valence-corrected chi connectivity index (χ1v) is 30.3. The first kappa shape index (κ1) is 56.7. The van der Waals surface area contributed by atoms with Crippen LogP contribution in [0, 0.1) is 23.3 Å². The third-order valence-electron chi connectivity index (χ3n) is 17.9. The summed E-state index contributed by atoms with van der Waals surface area (Å²) in [7, 11) is 0. The minimum Gasteiger partial charge on any atom is -0.457 e. The summed E-state index contributed by atoms with van der Waals surface area (Å²) in [5.74, 6) is 1.22. The van der Waals surface area contributed by atoms with Crippen LogP contribution in [0.15, 0.2) is 316 Å². The summed E-state index contributed by atoms with van der Waals surface area (Å²) in [5, 5.41) is 0. The van der Waals surface area contributed by atoms with Gasteiger partial charge in [-0.1, -0.05) is 159 Å². The SMILES string of the molecule is C=Cc1ccc(Oc2ccc(C3(c4ccc(F)cc4)c4ccccc4-c4ccc(N(c5ccc(F)cc5)c5ccc(N(c6ccc(F)cc6)c6ccc7c(c6)C(c6ccc(F)cc6)(c6ccc(Oc8ccc(C=C)cc8)cc6)c6ccccc6-7)cc5)cc43)cc2)cc1. The highest BCUT2D eigenvalue weighted by Gasteiger charge is 2.48. The van der Waals surface area contributed by atoms with Crippen molar-refractivity contribution >= 4 is 46.3 Å². The van der Waals surface area contributed by atoms with Gasteiger partial charge in [-0.15, -0.1) is 0 Å². The third-order valence-corrected chi connectivity index (χ3v) is 17.9. The molecule has 2 unspecified atom stereocenters. The quantitative estimate of drug-likeness (QED) is 0.0900. The first-order valence-electron chi connectivity index (χ1n) is 30.3. The van der Waals surface area contributed by atoms with Crippen LogP contribution in [0.5, 0.6) is 23.0 Å². The Kier molecular flexibility index (Phi) is 14.4. The molecule has 2 aliphatic carbocycles. The molecule has 0 heterocycles. The molecule has 0 bridgehead atoms. The molecule has 13 aromatic carbocycles. The summed E-state index contributed by atoms with van der Waals surface area (Å²) in [5.41, 5.74) is 16.4. The van der Waals surface area contributed by atoms with E-state index in [0.29, 0.717) is 34.4 Å². The van der Waals surface area contributed by atoms with Gasteiger partial charge in [-0.25, -0.2) is 17.6 Å². The van der Waals surface area contributed by atoms with Crippen molar-refractivity contribution in [3.63, 3.8) is 0 Å². The highest BCUT2D eigenvalue weighted by Crippen LogP contribution is 2.60. The molecule has 4 nitrogen and oxygen atoms in total. The number of fused-ring (bicyclic) bond motifs is 6. The molecule has 0 amide bonds. The third kappa shape index (κ3) is 9.81. The molecule has 2 atom stereocenters. The van der Waals surface area contributed by atoms with Gasteiger partial charge in [-0.2, -0.15) is 0 Å². The molecule has 0 N–H and O–H groups in total. The van der Waals surface area contributed by atoms with Crippen molar-refractivity contribution < 1.29 is 27.0 Å². The predicted octanol–water partition coefficient (Wildman–Crippen LogP) is 22.8. The standard InChI is InChI=1S/C84H56F4N2O2/c1-3-55-13-43-71(44-14-55)91-73-47-21-59(22-48-73)83(57-17-25-61(85)26-18-57)79-11-7-5-9-75(79)77-51-41-69(53-81(77)83)89(65-33-29-63(87)30-34-65)67-37-39-68(40-38-67)90(66-35-31-64(88)32-36-66)70-42-52-78-76-10-6-8-12-80(76)84(82(78)54-70,58-19-27-62(86)28-20-58)60-23-49-74(50-24-60)92-72-45-15-56(4-2)16-46-72/h3-54H,1-2H2. The fourth-order valence-electron chi connectivity index (χ4n) is 13.8. The smallest absolute Gasteiger partial charge is 0.127 e. The molecule has 0 aliphatic heterocycles. The predicted molar refractivity (Wildman–Crippen MR) is 363 cm³/mol. The first-order chi connectivity index (χ1) is 45.1. The van der Waals surface area contributed by atoms with Crippen LogP contribution in [0.25, 0.3) is 34.4 Å². The molecule has 0 aromatic heterocycles. The Balaban J connectivity index is 0.858. The lowest BCUT2D eigenvalue weighted by Gasteiger charge is -2.35. The van der Waals surface area contributed by atoms with Crippen LogP contribution in [-0.4, -0.2) is 0 Å². The lowest BCUT2D eigenvalue weighted by Crippen LogP contribution is -2.29. The van der Waals surface area contributed by atoms with Gasteiger partial charge in [0.25, 0.3) is 0 Å². The van der Waals surface area contributed by atoms with Gasteiger partial charge in [0.15, 0.2) is 0 Å². The van der Waals surface area contributed by atoms with Crippen molar-refractivity contribution in [2.45, 2.75) is 10.8 Å². The fourth-order valence-corrected chi connectivity index (χ4v) is 13.8. The Hall–Kier alpha value is -11.7. The second-order valence-electron chi connectivity index (χ2n) is 23.0. The molecule has 0 radical (unpaired) electrons. The summed E-state index contributed by atoms with van der Waals surface area (Å²) >= 11 is 0. The average Bonchev–Trinajstić information content (AvgIpc) is 1.56. The number of anilines is 6. The van der Waals surface area contributed by atoms with E-state index in [0.717, 1.165) is 101 Å². The van der Waals surface area contributed by atoms with Crippen molar-refractivity contribution in [2.24, 2.45) is 0 Å². The van der Waals surface area contributed by atoms with Crippen molar-refractivity contribution in [3.05, 3.63) is 395 Å². The van der Waals surface area contributed by atoms with Crippen molar-refractivity contribution in [1.82, 2.24) is 0 Å². The fraction of sp³-hybridized carbons (Fsp3) is 0.0238. The summed E-state index contributed by atoms with van der Waals surface area (Å²) in [4.78, 5) is 4.22. The van der Waals surface area contributed by atoms with Crippen molar-refractivity contribution in [2.75, 3.05) is 9.80 Å². The van der Waals surface area contributed by atoms with Gasteiger partial charge >= 0.3 is 0 Å². The van der Waals surface area contributed by atoms with E-state index < -0.39 is 10.8 Å². The second-order valence-corrected chi connectivity index (χ2v) is 23.0. The van der Waals surface area contributed by atoms with E-state index in [-0.39, 0.29) is 23.3 Å². The van der Waals surface area contributed by atoms with E-state index in [1.165, 1.54) is 48.5 Å². The Morgan fingerprint density at radius 2 is 0.511 bits per heavy atom. The van der Waals surface area contributed by atoms with Gasteiger partial charge in [-0.05, 0) is 248 Å². The van der Waals surface area contributed by atoms with Gasteiger partial charge in [0.05, 0.1) is 10.8 Å². The minimum absolute atomic E-state index is 0.348. The maximum Gasteiger partial charge on any atom is 0.127 e. The molecule has 13 aromatic rings. The number of hydrogen-bond donors (Lipinski definition) is 0. The van der Waals surface area contributed by atoms with Crippen LogP contribution in [0.3, 0.4) is 0 Å². The highest BCUT2D eigenvalue weighted by molar-refractivity contribution is 5.92. The summed E-state index contributed by atoms with van der Waals surface area (Å²) in [6, 6.07) is 95.9. The maximum absolute atomic E-state index is 15.1. The van der Waals surface area contributed by atoms with E-state index in [4.69, 9.17) is 9.47 Å². The summed E-state index contributed by atoms with van der Waals surface area (Å²) in [6.45, 7) is 7.77. The average molecular weight is 1200 g/mol. The van der Waals surface area contributed by atoms with Crippen LogP contribution < -0.4 is 19.3 Å². The molecule has 8 heteroatoms. The zero-order valence-electron chi connectivity index (χ0n) is 49.7.